The summed E-state index contributed by atoms with van der Waals surface area (Å²) in [7, 11) is 0. The van der Waals surface area contributed by atoms with Crippen molar-refractivity contribution in [2.45, 2.75) is 12.5 Å². The Morgan fingerprint density at radius 3 is 2.50 bits per heavy atom. The van der Waals surface area contributed by atoms with E-state index in [4.69, 9.17) is 34.7 Å². The van der Waals surface area contributed by atoms with E-state index in [-0.39, 0.29) is 18.4 Å². The highest BCUT2D eigenvalue weighted by Crippen LogP contribution is 2.29. The molecule has 0 aliphatic carbocycles. The van der Waals surface area contributed by atoms with Gasteiger partial charge in [-0.05, 0) is 24.6 Å². The van der Waals surface area contributed by atoms with Crippen LogP contribution < -0.4 is 11.5 Å². The maximum absolute atomic E-state index is 5.97. The van der Waals surface area contributed by atoms with E-state index >= 15 is 0 Å². The molecule has 80 valence electrons. The van der Waals surface area contributed by atoms with Gasteiger partial charge in [-0.25, -0.2) is 0 Å². The Hall–Kier alpha value is 0.01000. The molecule has 0 heterocycles. The minimum atomic E-state index is -0.129. The first kappa shape index (κ1) is 14.0. The summed E-state index contributed by atoms with van der Waals surface area (Å²) in [6.07, 6.45) is 0.708. The minimum Gasteiger partial charge on any atom is -0.330 e. The molecule has 0 unspecified atom stereocenters. The Morgan fingerprint density at radius 1 is 1.29 bits per heavy atom. The maximum atomic E-state index is 5.97. The standard InChI is InChI=1S/C9H12Cl2N2.ClH/c10-7-3-1-2-6(9(7)11)8(13)4-5-12;/h1-3,8H,4-5,12-13H2;1H/t8-;/m1./s1. The van der Waals surface area contributed by atoms with Crippen molar-refractivity contribution in [3.63, 3.8) is 0 Å². The topological polar surface area (TPSA) is 52.0 Å². The van der Waals surface area contributed by atoms with Gasteiger partial charge in [-0.1, -0.05) is 35.3 Å². The lowest BCUT2D eigenvalue weighted by Gasteiger charge is -2.12. The SMILES string of the molecule is Cl.NCC[C@@H](N)c1cccc(Cl)c1Cl. The molecule has 0 aliphatic rings. The zero-order valence-electron chi connectivity index (χ0n) is 7.54. The van der Waals surface area contributed by atoms with Crippen molar-refractivity contribution in [3.05, 3.63) is 33.8 Å². The van der Waals surface area contributed by atoms with Gasteiger partial charge in [0, 0.05) is 6.04 Å². The van der Waals surface area contributed by atoms with Crippen LogP contribution in [0.5, 0.6) is 0 Å². The summed E-state index contributed by atoms with van der Waals surface area (Å²) in [5.74, 6) is 0. The molecule has 1 aromatic carbocycles. The van der Waals surface area contributed by atoms with Crippen molar-refractivity contribution >= 4 is 35.6 Å². The molecule has 1 atom stereocenters. The van der Waals surface area contributed by atoms with Crippen molar-refractivity contribution in [2.75, 3.05) is 6.54 Å². The molecule has 0 bridgehead atoms. The van der Waals surface area contributed by atoms with Crippen molar-refractivity contribution < 1.29 is 0 Å². The number of nitrogens with two attached hydrogens (primary N) is 2. The molecular formula is C9H13Cl3N2. The fraction of sp³-hybridized carbons (Fsp3) is 0.333. The summed E-state index contributed by atoms with van der Waals surface area (Å²) in [5.41, 5.74) is 12.1. The molecule has 14 heavy (non-hydrogen) atoms. The molecule has 0 radical (unpaired) electrons. The van der Waals surface area contributed by atoms with Crippen LogP contribution in [0.1, 0.15) is 18.0 Å². The van der Waals surface area contributed by atoms with E-state index in [1.165, 1.54) is 0 Å². The second-order valence-electron chi connectivity index (χ2n) is 2.83. The summed E-state index contributed by atoms with van der Waals surface area (Å²) >= 11 is 11.8. The average molecular weight is 256 g/mol. The van der Waals surface area contributed by atoms with E-state index in [2.05, 4.69) is 0 Å². The van der Waals surface area contributed by atoms with Gasteiger partial charge in [0.25, 0.3) is 0 Å². The second-order valence-corrected chi connectivity index (χ2v) is 3.61. The van der Waals surface area contributed by atoms with Crippen molar-refractivity contribution in [3.8, 4) is 0 Å². The Labute approximate surface area is 100.0 Å². The number of hydrogen-bond donors (Lipinski definition) is 2. The Morgan fingerprint density at radius 2 is 1.93 bits per heavy atom. The lowest BCUT2D eigenvalue weighted by Crippen LogP contribution is -2.15. The molecule has 0 spiro atoms. The van der Waals surface area contributed by atoms with Gasteiger partial charge in [-0.3, -0.25) is 0 Å². The van der Waals surface area contributed by atoms with E-state index in [1.807, 2.05) is 12.1 Å². The van der Waals surface area contributed by atoms with E-state index in [0.717, 1.165) is 5.56 Å². The summed E-state index contributed by atoms with van der Waals surface area (Å²) in [4.78, 5) is 0. The van der Waals surface area contributed by atoms with Crippen LogP contribution in [0.4, 0.5) is 0 Å². The number of halogens is 3. The Balaban J connectivity index is 0.00000169. The first-order valence-corrected chi connectivity index (χ1v) is 4.82. The molecule has 1 rings (SSSR count). The quantitative estimate of drug-likeness (QED) is 0.873. The van der Waals surface area contributed by atoms with Gasteiger partial charge in [-0.2, -0.15) is 0 Å². The Kier molecular flexibility index (Phi) is 6.49. The highest BCUT2D eigenvalue weighted by atomic mass is 35.5. The summed E-state index contributed by atoms with van der Waals surface area (Å²) in [5, 5.41) is 1.07. The van der Waals surface area contributed by atoms with E-state index in [9.17, 15) is 0 Å². The second kappa shape index (κ2) is 6.49. The van der Waals surface area contributed by atoms with Crippen LogP contribution in [-0.4, -0.2) is 6.54 Å². The molecule has 0 aromatic heterocycles. The molecular weight excluding hydrogens is 242 g/mol. The maximum Gasteiger partial charge on any atom is 0.0640 e. The average Bonchev–Trinajstić information content (AvgIpc) is 2.10. The molecule has 0 fully saturated rings. The van der Waals surface area contributed by atoms with Crippen LogP contribution in [0.2, 0.25) is 10.0 Å². The molecule has 0 saturated heterocycles. The highest BCUT2D eigenvalue weighted by molar-refractivity contribution is 6.42. The third kappa shape index (κ3) is 3.30. The normalized spacial score (nSPS) is 12.0. The minimum absolute atomic E-state index is 0. The fourth-order valence-corrected chi connectivity index (χ4v) is 1.59. The predicted molar refractivity (Wildman–Crippen MR) is 64.3 cm³/mol. The van der Waals surface area contributed by atoms with Crippen molar-refractivity contribution in [1.29, 1.82) is 0 Å². The van der Waals surface area contributed by atoms with Gasteiger partial charge in [-0.15, -0.1) is 12.4 Å². The molecule has 5 heteroatoms. The lowest BCUT2D eigenvalue weighted by molar-refractivity contribution is 0.661. The summed E-state index contributed by atoms with van der Waals surface area (Å²) < 4.78 is 0. The molecule has 0 amide bonds. The van der Waals surface area contributed by atoms with Crippen molar-refractivity contribution in [1.82, 2.24) is 0 Å². The van der Waals surface area contributed by atoms with Gasteiger partial charge in [0.15, 0.2) is 0 Å². The third-order valence-corrected chi connectivity index (χ3v) is 2.69. The van der Waals surface area contributed by atoms with Gasteiger partial charge in [0.2, 0.25) is 0 Å². The van der Waals surface area contributed by atoms with Gasteiger partial charge in [0.1, 0.15) is 0 Å². The van der Waals surface area contributed by atoms with Crippen LogP contribution in [0.25, 0.3) is 0 Å². The lowest BCUT2D eigenvalue weighted by atomic mass is 10.1. The van der Waals surface area contributed by atoms with E-state index in [0.29, 0.717) is 23.0 Å². The van der Waals surface area contributed by atoms with Gasteiger partial charge in [0.05, 0.1) is 10.0 Å². The predicted octanol–water partition coefficient (Wildman–Crippen LogP) is 2.76. The molecule has 1 aromatic rings. The molecule has 0 saturated carbocycles. The van der Waals surface area contributed by atoms with Crippen LogP contribution in [0, 0.1) is 0 Å². The summed E-state index contributed by atoms with van der Waals surface area (Å²) in [6.45, 7) is 0.546. The number of hydrogen-bond acceptors (Lipinski definition) is 2. The molecule has 4 N–H and O–H groups in total. The zero-order chi connectivity index (χ0) is 9.84. The van der Waals surface area contributed by atoms with Gasteiger partial charge >= 0.3 is 0 Å². The van der Waals surface area contributed by atoms with Crippen LogP contribution >= 0.6 is 35.6 Å². The third-order valence-electron chi connectivity index (χ3n) is 1.86. The first-order valence-electron chi connectivity index (χ1n) is 4.06. The van der Waals surface area contributed by atoms with Crippen molar-refractivity contribution in [2.24, 2.45) is 11.5 Å². The molecule has 0 aliphatic heterocycles. The number of rotatable bonds is 3. The van der Waals surface area contributed by atoms with Crippen LogP contribution in [0.15, 0.2) is 18.2 Å². The van der Waals surface area contributed by atoms with Gasteiger partial charge < -0.3 is 11.5 Å². The summed E-state index contributed by atoms with van der Waals surface area (Å²) in [6, 6.07) is 5.31. The highest BCUT2D eigenvalue weighted by Gasteiger charge is 2.10. The smallest absolute Gasteiger partial charge is 0.0640 e. The van der Waals surface area contributed by atoms with Crippen LogP contribution in [0.3, 0.4) is 0 Å². The molecule has 2 nitrogen and oxygen atoms in total. The van der Waals surface area contributed by atoms with E-state index < -0.39 is 0 Å². The zero-order valence-corrected chi connectivity index (χ0v) is 9.87. The monoisotopic (exact) mass is 254 g/mol. The first-order chi connectivity index (χ1) is 6.16. The van der Waals surface area contributed by atoms with Crippen LogP contribution in [-0.2, 0) is 0 Å². The van der Waals surface area contributed by atoms with E-state index in [1.54, 1.807) is 6.07 Å². The number of benzene rings is 1. The largest absolute Gasteiger partial charge is 0.330 e. The Bertz CT molecular complexity index is 291. The fourth-order valence-electron chi connectivity index (χ4n) is 1.14.